The molecule has 96 heavy (non-hydrogen) atoms. The number of nitrogens with one attached hydrogen (secondary N) is 5. The number of halogens is 2. The number of fused-ring (bicyclic) bond motifs is 5. The highest BCUT2D eigenvalue weighted by Gasteiger charge is 2.31. The van der Waals surface area contributed by atoms with Crippen LogP contribution in [0, 0.1) is 11.6 Å². The summed E-state index contributed by atoms with van der Waals surface area (Å²) in [5.74, 6) is 1.28. The number of carbonyl (C=O) groups is 3. The first kappa shape index (κ1) is 70.4. The zero-order valence-electron chi connectivity index (χ0n) is 57.0. The van der Waals surface area contributed by atoms with Crippen LogP contribution in [0.4, 0.5) is 8.78 Å². The van der Waals surface area contributed by atoms with Gasteiger partial charge in [0.15, 0.2) is 0 Å². The van der Waals surface area contributed by atoms with E-state index in [2.05, 4.69) is 59.4 Å². The first-order valence-corrected chi connectivity index (χ1v) is 38.7. The van der Waals surface area contributed by atoms with E-state index < -0.39 is 20.0 Å². The highest BCUT2D eigenvalue weighted by Crippen LogP contribution is 2.38. The summed E-state index contributed by atoms with van der Waals surface area (Å²) in [6.45, 7) is 17.1. The highest BCUT2D eigenvalue weighted by atomic mass is 32.2. The van der Waals surface area contributed by atoms with Crippen molar-refractivity contribution in [3.8, 4) is 0 Å². The van der Waals surface area contributed by atoms with Crippen LogP contribution >= 0.6 is 0 Å². The first-order valence-electron chi connectivity index (χ1n) is 35.0. The fourth-order valence-electron chi connectivity index (χ4n) is 15.6. The Morgan fingerprint density at radius 2 is 0.854 bits per heavy atom. The molecule has 3 aliphatic carbocycles. The second-order valence-corrected chi connectivity index (χ2v) is 31.5. The van der Waals surface area contributed by atoms with Crippen molar-refractivity contribution >= 4 is 65.1 Å². The third-order valence-electron chi connectivity index (χ3n) is 21.2. The normalized spacial score (nSPS) is 19.5. The fourth-order valence-corrected chi connectivity index (χ4v) is 17.3. The van der Waals surface area contributed by atoms with Crippen LogP contribution in [-0.4, -0.2) is 197 Å². The number of hydrogen-bond acceptors (Lipinski definition) is 9. The minimum Gasteiger partial charge on any atom is -0.364 e. The van der Waals surface area contributed by atoms with Gasteiger partial charge in [0.05, 0.1) is 12.5 Å². The molecule has 0 radical (unpaired) electrons. The quantitative estimate of drug-likeness (QED) is 0.0926. The molecule has 5 aliphatic heterocycles. The van der Waals surface area contributed by atoms with Gasteiger partial charge in [-0.05, 0) is 207 Å². The van der Waals surface area contributed by atoms with Crippen LogP contribution in [-0.2, 0) is 86.0 Å². The molecule has 5 N–H and O–H groups in total. The Balaban J connectivity index is 0.000000122. The van der Waals surface area contributed by atoms with Crippen LogP contribution in [0.5, 0.6) is 0 Å². The second-order valence-electron chi connectivity index (χ2n) is 27.6. The van der Waals surface area contributed by atoms with Crippen molar-refractivity contribution in [3.05, 3.63) is 147 Å². The van der Waals surface area contributed by atoms with E-state index in [4.69, 9.17) is 0 Å². The maximum atomic E-state index is 13.2. The molecule has 4 saturated heterocycles. The number of benzene rings is 2. The fraction of sp³-hybridized carbons (Fsp3) is 0.548. The van der Waals surface area contributed by atoms with Gasteiger partial charge in [-0.3, -0.25) is 24.2 Å². The lowest BCUT2D eigenvalue weighted by atomic mass is 9.85. The number of aromatic amines is 5. The van der Waals surface area contributed by atoms with Crippen LogP contribution in [0.15, 0.2) is 73.5 Å². The molecule has 8 aliphatic rings. The number of rotatable bonds is 9. The highest BCUT2D eigenvalue weighted by molar-refractivity contribution is 7.88. The number of carbonyl (C=O) groups excluding carboxylic acids is 3. The van der Waals surface area contributed by atoms with Crippen LogP contribution in [0.25, 0.3) is 27.4 Å². The number of sulfonamides is 2. The Morgan fingerprint density at radius 3 is 1.30 bits per heavy atom. The predicted molar refractivity (Wildman–Crippen MR) is 376 cm³/mol. The molecule has 0 atom stereocenters. The van der Waals surface area contributed by atoms with Gasteiger partial charge in [0.25, 0.3) is 0 Å². The van der Waals surface area contributed by atoms with Gasteiger partial charge >= 0.3 is 0 Å². The number of amides is 3. The van der Waals surface area contributed by atoms with E-state index in [1.54, 1.807) is 42.3 Å². The van der Waals surface area contributed by atoms with Gasteiger partial charge in [-0.1, -0.05) is 6.08 Å². The average Bonchev–Trinajstić information content (AvgIpc) is 1.69. The van der Waals surface area contributed by atoms with E-state index in [0.717, 1.165) is 125 Å². The Kier molecular flexibility index (Phi) is 23.3. The molecule has 10 heterocycles. The molecule has 3 amide bonds. The molecule has 5 aromatic heterocycles. The van der Waals surface area contributed by atoms with Gasteiger partial charge in [-0.2, -0.15) is 4.31 Å². The lowest BCUT2D eigenvalue weighted by Crippen LogP contribution is -2.47. The van der Waals surface area contributed by atoms with Gasteiger partial charge in [0.2, 0.25) is 37.8 Å². The number of nitrogens with zero attached hydrogens (tertiary/aromatic N) is 7. The summed E-state index contributed by atoms with van der Waals surface area (Å²) < 4.78 is 75.5. The van der Waals surface area contributed by atoms with Crippen LogP contribution in [0.3, 0.4) is 0 Å². The Bertz CT molecular complexity index is 4080. The summed E-state index contributed by atoms with van der Waals surface area (Å²) in [4.78, 5) is 60.8. The average molecular weight is 1360 g/mol. The van der Waals surface area contributed by atoms with Crippen LogP contribution in [0.1, 0.15) is 165 Å². The summed E-state index contributed by atoms with van der Waals surface area (Å²) >= 11 is 0. The molecule has 0 spiro atoms. The molecular formula is C73H100F2N12O7S2. The molecule has 0 saturated carbocycles. The summed E-state index contributed by atoms with van der Waals surface area (Å²) in [5, 5.41) is 2.09. The number of piperazine rings is 2. The van der Waals surface area contributed by atoms with Crippen molar-refractivity contribution < 1.29 is 40.0 Å². The van der Waals surface area contributed by atoms with E-state index in [1.165, 1.54) is 169 Å². The van der Waals surface area contributed by atoms with Gasteiger partial charge in [0, 0.05) is 195 Å². The molecule has 19 nitrogen and oxygen atoms in total. The van der Waals surface area contributed by atoms with Gasteiger partial charge in [-0.15, -0.1) is 0 Å². The minimum absolute atomic E-state index is 0.146. The number of H-pyrrole nitrogens is 5. The van der Waals surface area contributed by atoms with Crippen molar-refractivity contribution in [2.24, 2.45) is 0 Å². The monoisotopic (exact) mass is 1360 g/mol. The molecule has 0 bridgehead atoms. The third-order valence-corrected chi connectivity index (χ3v) is 23.8. The van der Waals surface area contributed by atoms with Crippen molar-refractivity contribution in [2.45, 2.75) is 155 Å². The molecule has 2 aromatic carbocycles. The van der Waals surface area contributed by atoms with Crippen molar-refractivity contribution in [2.75, 3.05) is 104 Å². The summed E-state index contributed by atoms with van der Waals surface area (Å²) in [5.41, 5.74) is 18.8. The Labute approximate surface area is 565 Å². The smallest absolute Gasteiger partial charge is 0.219 e. The number of piperidine rings is 2. The van der Waals surface area contributed by atoms with Crippen LogP contribution < -0.4 is 0 Å². The number of aromatic nitrogens is 5. The van der Waals surface area contributed by atoms with Gasteiger partial charge in [0.1, 0.15) is 11.6 Å². The maximum absolute atomic E-state index is 13.2. The van der Waals surface area contributed by atoms with E-state index in [0.29, 0.717) is 51.1 Å². The Hall–Kier alpha value is -6.89. The zero-order chi connectivity index (χ0) is 67.7. The molecule has 23 heteroatoms. The van der Waals surface area contributed by atoms with Crippen molar-refractivity contribution in [3.63, 3.8) is 0 Å². The van der Waals surface area contributed by atoms with E-state index in [9.17, 15) is 40.0 Å². The number of aryl methyl sites for hydroxylation is 3. The number of hydrogen-bond donors (Lipinski definition) is 5. The van der Waals surface area contributed by atoms with E-state index in [-0.39, 0.29) is 29.4 Å². The topological polar surface area (TPSA) is 221 Å². The maximum Gasteiger partial charge on any atom is 0.219 e. The standard InChI is InChI=1S/C15H18FN3O.C15H22N2O.C15H20N2O.C14H18FN3O2S.C14H22N2O2S/c1-11(20)19-6-4-18(5-7-19)10-12-9-17-15-8-13(16)2-3-14(12)15;2*1-11(18)17-8-6-12(7-9-17)14-10-16-15-5-3-2-4-13(14)15;1-21(19,20)18-6-4-17(5-7-18)10-11-9-16-14-8-12(15)2-3-13(11)14;1-19(17,18)16-8-6-11(7-9-16)13-10-15-14-5-3-2-4-12(13)14/h2-3,8-9,17H,4-7,10H2,1H3;10,12,16H,2-9H2,1H3;6,10,16H,2-5,7-9H2,1H3;2-3,8-9,16H,4-7,10H2,1H3;10-11,15H,2-9H2,1H3. The first-order chi connectivity index (χ1) is 46.1. The lowest BCUT2D eigenvalue weighted by Gasteiger charge is -2.34. The summed E-state index contributed by atoms with van der Waals surface area (Å²) in [6.07, 6.45) is 35.5. The van der Waals surface area contributed by atoms with Gasteiger partial charge in [-0.25, -0.2) is 29.9 Å². The third kappa shape index (κ3) is 17.7. The lowest BCUT2D eigenvalue weighted by molar-refractivity contribution is -0.131. The molecule has 7 aromatic rings. The zero-order valence-corrected chi connectivity index (χ0v) is 58.6. The molecular weight excluding hydrogens is 1260 g/mol. The van der Waals surface area contributed by atoms with Crippen molar-refractivity contribution in [1.82, 2.24) is 58.0 Å². The predicted octanol–water partition coefficient (Wildman–Crippen LogP) is 10.5. The van der Waals surface area contributed by atoms with Crippen molar-refractivity contribution in [1.29, 1.82) is 0 Å². The summed E-state index contributed by atoms with van der Waals surface area (Å²) in [7, 11) is -6.10. The van der Waals surface area contributed by atoms with Gasteiger partial charge < -0.3 is 39.6 Å². The SMILES string of the molecule is CC(=O)N1CC=C(c2c[nH]c3c2CCCC3)CC1.CC(=O)N1CCC(c2c[nH]c3c2CCCC3)CC1.CC(=O)N1CCN(Cc2c[nH]c3cc(F)ccc23)CC1.CS(=O)(=O)N1CCC(c2c[nH]c3c2CCCC3)CC1.CS(=O)(=O)N1CCN(Cc2c[nH]c3cc(F)ccc23)CC1. The minimum atomic E-state index is -3.09. The van der Waals surface area contributed by atoms with E-state index in [1.807, 2.05) is 33.2 Å². The largest absolute Gasteiger partial charge is 0.364 e. The molecule has 520 valence electrons. The number of likely N-dealkylation sites (tertiary alicyclic amines) is 1. The molecule has 4 fully saturated rings. The summed E-state index contributed by atoms with van der Waals surface area (Å²) in [6, 6.07) is 9.56. The molecule has 0 unspecified atom stereocenters. The molecule has 15 rings (SSSR count). The second kappa shape index (κ2) is 31.8. The van der Waals surface area contributed by atoms with Crippen LogP contribution in [0.2, 0.25) is 0 Å². The Morgan fingerprint density at radius 1 is 0.448 bits per heavy atom. The van der Waals surface area contributed by atoms with E-state index >= 15 is 0 Å².